The van der Waals surface area contributed by atoms with Gasteiger partial charge in [-0.05, 0) is 56.5 Å². The minimum atomic E-state index is -3.63. The average Bonchev–Trinajstić information content (AvgIpc) is 3.37. The second-order valence-electron chi connectivity index (χ2n) is 5.59. The molecule has 1 unspecified atom stereocenters. The standard InChI is InChI=1S/C16H22N2O4S/c1-11(13-6-7-13)18-16(19)9-5-12-4-8-14(22-3)15(10-12)23(20,21)17-2/h4-5,8-11,13,17H,6-7H2,1-3H3,(H,18,19)/b9-5+. The summed E-state index contributed by atoms with van der Waals surface area (Å²) in [5.74, 6) is 0.655. The molecule has 1 fully saturated rings. The van der Waals surface area contributed by atoms with Gasteiger partial charge in [-0.3, -0.25) is 4.79 Å². The first kappa shape index (κ1) is 17.5. The molecule has 126 valence electrons. The Morgan fingerprint density at radius 1 is 1.39 bits per heavy atom. The molecule has 0 heterocycles. The second kappa shape index (κ2) is 7.14. The molecule has 1 aliphatic carbocycles. The molecule has 0 radical (unpaired) electrons. The van der Waals surface area contributed by atoms with Gasteiger partial charge >= 0.3 is 0 Å². The van der Waals surface area contributed by atoms with Crippen LogP contribution in [0, 0.1) is 5.92 Å². The van der Waals surface area contributed by atoms with Gasteiger partial charge in [0.05, 0.1) is 7.11 Å². The fourth-order valence-corrected chi connectivity index (χ4v) is 3.20. The first-order valence-corrected chi connectivity index (χ1v) is 8.96. The van der Waals surface area contributed by atoms with Crippen LogP contribution in [0.15, 0.2) is 29.2 Å². The summed E-state index contributed by atoms with van der Waals surface area (Å²) in [6, 6.07) is 4.90. The molecule has 0 aromatic heterocycles. The number of amides is 1. The lowest BCUT2D eigenvalue weighted by molar-refractivity contribution is -0.117. The van der Waals surface area contributed by atoms with E-state index in [2.05, 4.69) is 10.0 Å². The first-order chi connectivity index (χ1) is 10.9. The number of methoxy groups -OCH3 is 1. The molecule has 1 aliphatic rings. The minimum Gasteiger partial charge on any atom is -0.495 e. The van der Waals surface area contributed by atoms with Gasteiger partial charge in [0.25, 0.3) is 0 Å². The fraction of sp³-hybridized carbons (Fsp3) is 0.438. The molecular weight excluding hydrogens is 316 g/mol. The predicted octanol–water partition coefficient (Wildman–Crippen LogP) is 1.53. The Labute approximate surface area is 137 Å². The zero-order chi connectivity index (χ0) is 17.0. The molecule has 6 nitrogen and oxygen atoms in total. The van der Waals surface area contributed by atoms with Crippen LogP contribution in [-0.4, -0.2) is 34.5 Å². The van der Waals surface area contributed by atoms with E-state index in [4.69, 9.17) is 4.74 Å². The summed E-state index contributed by atoms with van der Waals surface area (Å²) in [6.45, 7) is 1.99. The summed E-state index contributed by atoms with van der Waals surface area (Å²) in [7, 11) is -0.887. The van der Waals surface area contributed by atoms with Crippen molar-refractivity contribution in [2.75, 3.05) is 14.2 Å². The van der Waals surface area contributed by atoms with Gasteiger partial charge in [0.1, 0.15) is 10.6 Å². The highest BCUT2D eigenvalue weighted by Gasteiger charge is 2.28. The predicted molar refractivity (Wildman–Crippen MR) is 88.6 cm³/mol. The quantitative estimate of drug-likeness (QED) is 0.739. The number of sulfonamides is 1. The maximum absolute atomic E-state index is 12.0. The summed E-state index contributed by atoms with van der Waals surface area (Å²) >= 11 is 0. The van der Waals surface area contributed by atoms with Crippen molar-refractivity contribution < 1.29 is 17.9 Å². The maximum atomic E-state index is 12.0. The third-order valence-corrected chi connectivity index (χ3v) is 5.31. The highest BCUT2D eigenvalue weighted by atomic mass is 32.2. The van der Waals surface area contributed by atoms with E-state index < -0.39 is 10.0 Å². The molecular formula is C16H22N2O4S. The Hall–Kier alpha value is -1.86. The van der Waals surface area contributed by atoms with Gasteiger partial charge in [0.2, 0.25) is 15.9 Å². The Kier molecular flexibility index (Phi) is 5.43. The molecule has 1 aromatic rings. The van der Waals surface area contributed by atoms with Crippen LogP contribution in [0.5, 0.6) is 5.75 Å². The maximum Gasteiger partial charge on any atom is 0.244 e. The summed E-state index contributed by atoms with van der Waals surface area (Å²) in [5, 5.41) is 2.91. The lowest BCUT2D eigenvalue weighted by atomic mass is 10.2. The molecule has 1 saturated carbocycles. The summed E-state index contributed by atoms with van der Waals surface area (Å²) in [5.41, 5.74) is 0.605. The Morgan fingerprint density at radius 3 is 2.65 bits per heavy atom. The average molecular weight is 338 g/mol. The minimum absolute atomic E-state index is 0.0383. The van der Waals surface area contributed by atoms with Gasteiger partial charge in [-0.2, -0.15) is 0 Å². The number of benzene rings is 1. The Balaban J connectivity index is 2.15. The Bertz CT molecular complexity index is 709. The molecule has 0 aliphatic heterocycles. The van der Waals surface area contributed by atoms with Crippen LogP contribution >= 0.6 is 0 Å². The SMILES string of the molecule is CNS(=O)(=O)c1cc(/C=C/C(=O)NC(C)C2CC2)ccc1OC. The zero-order valence-electron chi connectivity index (χ0n) is 13.5. The van der Waals surface area contributed by atoms with Crippen LogP contribution < -0.4 is 14.8 Å². The number of carbonyl (C=O) groups excluding carboxylic acids is 1. The normalized spacial score (nSPS) is 16.3. The second-order valence-corrected chi connectivity index (χ2v) is 7.44. The van der Waals surface area contributed by atoms with Gasteiger partial charge in [0.15, 0.2) is 0 Å². The summed E-state index contributed by atoms with van der Waals surface area (Å²) in [6.07, 6.45) is 5.32. The van der Waals surface area contributed by atoms with Crippen LogP contribution in [0.2, 0.25) is 0 Å². The number of nitrogens with one attached hydrogen (secondary N) is 2. The number of hydrogen-bond donors (Lipinski definition) is 2. The molecule has 1 atom stereocenters. The smallest absolute Gasteiger partial charge is 0.244 e. The molecule has 0 bridgehead atoms. The van der Waals surface area contributed by atoms with Crippen molar-refractivity contribution in [1.82, 2.24) is 10.0 Å². The van der Waals surface area contributed by atoms with Crippen LogP contribution in [0.4, 0.5) is 0 Å². The monoisotopic (exact) mass is 338 g/mol. The van der Waals surface area contributed by atoms with Crippen molar-refractivity contribution in [3.8, 4) is 5.75 Å². The van der Waals surface area contributed by atoms with E-state index in [1.165, 1.54) is 26.3 Å². The zero-order valence-corrected chi connectivity index (χ0v) is 14.3. The topological polar surface area (TPSA) is 84.5 Å². The van der Waals surface area contributed by atoms with E-state index in [0.29, 0.717) is 11.5 Å². The third-order valence-electron chi connectivity index (χ3n) is 3.87. The van der Waals surface area contributed by atoms with Crippen LogP contribution in [0.3, 0.4) is 0 Å². The van der Waals surface area contributed by atoms with Gasteiger partial charge in [-0.15, -0.1) is 0 Å². The van der Waals surface area contributed by atoms with E-state index in [1.807, 2.05) is 6.92 Å². The van der Waals surface area contributed by atoms with Crippen LogP contribution in [0.25, 0.3) is 6.08 Å². The van der Waals surface area contributed by atoms with Gasteiger partial charge in [-0.25, -0.2) is 13.1 Å². The van der Waals surface area contributed by atoms with E-state index in [0.717, 1.165) is 12.8 Å². The number of carbonyl (C=O) groups is 1. The van der Waals surface area contributed by atoms with Crippen molar-refractivity contribution in [3.63, 3.8) is 0 Å². The fourth-order valence-electron chi connectivity index (χ4n) is 2.28. The first-order valence-electron chi connectivity index (χ1n) is 7.47. The van der Waals surface area contributed by atoms with E-state index in [9.17, 15) is 13.2 Å². The molecule has 2 rings (SSSR count). The van der Waals surface area contributed by atoms with Crippen molar-refractivity contribution >= 4 is 22.0 Å². The largest absolute Gasteiger partial charge is 0.495 e. The van der Waals surface area contributed by atoms with Gasteiger partial charge in [-0.1, -0.05) is 6.07 Å². The van der Waals surface area contributed by atoms with Gasteiger partial charge in [0, 0.05) is 12.1 Å². The number of rotatable bonds is 7. The van der Waals surface area contributed by atoms with Crippen LogP contribution in [-0.2, 0) is 14.8 Å². The lowest BCUT2D eigenvalue weighted by Crippen LogP contribution is -2.32. The van der Waals surface area contributed by atoms with E-state index in [-0.39, 0.29) is 22.6 Å². The summed E-state index contributed by atoms with van der Waals surface area (Å²) in [4.78, 5) is 11.9. The highest BCUT2D eigenvalue weighted by Crippen LogP contribution is 2.32. The summed E-state index contributed by atoms with van der Waals surface area (Å²) < 4.78 is 31.3. The van der Waals surface area contributed by atoms with Crippen molar-refractivity contribution in [3.05, 3.63) is 29.8 Å². The molecule has 0 spiro atoms. The lowest BCUT2D eigenvalue weighted by Gasteiger charge is -2.11. The highest BCUT2D eigenvalue weighted by molar-refractivity contribution is 7.89. The van der Waals surface area contributed by atoms with E-state index >= 15 is 0 Å². The van der Waals surface area contributed by atoms with E-state index in [1.54, 1.807) is 18.2 Å². The van der Waals surface area contributed by atoms with Crippen molar-refractivity contribution in [2.24, 2.45) is 5.92 Å². The molecule has 1 amide bonds. The molecule has 1 aromatic carbocycles. The van der Waals surface area contributed by atoms with Crippen LogP contribution in [0.1, 0.15) is 25.3 Å². The molecule has 2 N–H and O–H groups in total. The third kappa shape index (κ3) is 4.56. The Morgan fingerprint density at radius 2 is 2.09 bits per heavy atom. The molecule has 7 heteroatoms. The molecule has 0 saturated heterocycles. The number of hydrogen-bond acceptors (Lipinski definition) is 4. The van der Waals surface area contributed by atoms with Crippen molar-refractivity contribution in [2.45, 2.75) is 30.7 Å². The van der Waals surface area contributed by atoms with Gasteiger partial charge < -0.3 is 10.1 Å². The number of ether oxygens (including phenoxy) is 1. The van der Waals surface area contributed by atoms with Crippen molar-refractivity contribution in [1.29, 1.82) is 0 Å². The molecule has 23 heavy (non-hydrogen) atoms.